The second-order valence-electron chi connectivity index (χ2n) is 6.36. The van der Waals surface area contributed by atoms with Crippen LogP contribution in [0.25, 0.3) is 11.5 Å². The van der Waals surface area contributed by atoms with Gasteiger partial charge in [-0.3, -0.25) is 4.79 Å². The molecule has 4 rings (SSSR count). The second-order valence-corrected chi connectivity index (χ2v) is 6.36. The van der Waals surface area contributed by atoms with Crippen LogP contribution in [0.15, 0.2) is 94.1 Å². The lowest BCUT2D eigenvalue weighted by Crippen LogP contribution is -2.44. The van der Waals surface area contributed by atoms with E-state index in [2.05, 4.69) is 10.5 Å². The molecule has 5 nitrogen and oxygen atoms in total. The Kier molecular flexibility index (Phi) is 4.34. The zero-order valence-electron chi connectivity index (χ0n) is 14.8. The summed E-state index contributed by atoms with van der Waals surface area (Å²) in [5.41, 5.74) is 1.42. The number of hydrogen-bond donors (Lipinski definition) is 1. The van der Waals surface area contributed by atoms with Crippen LogP contribution >= 0.6 is 0 Å². The van der Waals surface area contributed by atoms with E-state index < -0.39 is 5.54 Å². The van der Waals surface area contributed by atoms with Crippen LogP contribution in [0.1, 0.15) is 28.5 Å². The smallest absolute Gasteiger partial charge is 0.274 e. The molecule has 1 amide bonds. The molecule has 27 heavy (non-hydrogen) atoms. The molecule has 0 aliphatic heterocycles. The van der Waals surface area contributed by atoms with Crippen molar-refractivity contribution >= 4 is 5.91 Å². The van der Waals surface area contributed by atoms with E-state index in [1.165, 1.54) is 0 Å². The summed E-state index contributed by atoms with van der Waals surface area (Å²) in [7, 11) is 0. The molecule has 0 aliphatic rings. The Morgan fingerprint density at radius 2 is 1.52 bits per heavy atom. The van der Waals surface area contributed by atoms with Gasteiger partial charge in [0, 0.05) is 6.07 Å². The minimum atomic E-state index is -0.719. The third-order valence-corrected chi connectivity index (χ3v) is 4.57. The average molecular weight is 358 g/mol. The van der Waals surface area contributed by atoms with Crippen molar-refractivity contribution in [1.82, 2.24) is 10.5 Å². The maximum Gasteiger partial charge on any atom is 0.274 e. The number of carbonyl (C=O) groups excluding carboxylic acids is 1. The molecule has 4 aromatic rings. The van der Waals surface area contributed by atoms with Crippen molar-refractivity contribution < 1.29 is 13.7 Å². The van der Waals surface area contributed by atoms with Crippen LogP contribution in [-0.2, 0) is 5.54 Å². The highest BCUT2D eigenvalue weighted by Gasteiger charge is 2.32. The third-order valence-electron chi connectivity index (χ3n) is 4.57. The predicted molar refractivity (Wildman–Crippen MR) is 101 cm³/mol. The molecule has 0 fully saturated rings. The summed E-state index contributed by atoms with van der Waals surface area (Å²) in [4.78, 5) is 12.9. The molecular weight excluding hydrogens is 340 g/mol. The van der Waals surface area contributed by atoms with E-state index in [9.17, 15) is 4.79 Å². The quantitative estimate of drug-likeness (QED) is 0.565. The fraction of sp³-hybridized carbons (Fsp3) is 0.0909. The maximum absolute atomic E-state index is 12.9. The highest BCUT2D eigenvalue weighted by molar-refractivity contribution is 5.93. The van der Waals surface area contributed by atoms with Crippen molar-refractivity contribution in [3.63, 3.8) is 0 Å². The molecular formula is C22H18N2O3. The van der Waals surface area contributed by atoms with E-state index in [1.807, 2.05) is 67.6 Å². The number of carbonyl (C=O) groups is 1. The maximum atomic E-state index is 12.9. The molecule has 0 aliphatic carbocycles. The molecule has 0 spiro atoms. The number of benzene rings is 2. The number of furan rings is 1. The van der Waals surface area contributed by atoms with Crippen LogP contribution in [0.2, 0.25) is 0 Å². The Morgan fingerprint density at radius 3 is 2.07 bits per heavy atom. The first-order valence-electron chi connectivity index (χ1n) is 8.61. The zero-order chi connectivity index (χ0) is 18.7. The van der Waals surface area contributed by atoms with Crippen molar-refractivity contribution in [3.05, 3.63) is 102 Å². The predicted octanol–water partition coefficient (Wildman–Crippen LogP) is 4.63. The minimum absolute atomic E-state index is 0.194. The van der Waals surface area contributed by atoms with Gasteiger partial charge in [-0.05, 0) is 30.2 Å². The van der Waals surface area contributed by atoms with E-state index in [0.29, 0.717) is 11.5 Å². The topological polar surface area (TPSA) is 68.3 Å². The van der Waals surface area contributed by atoms with Gasteiger partial charge in [0.2, 0.25) is 5.76 Å². The number of hydrogen-bond acceptors (Lipinski definition) is 4. The lowest BCUT2D eigenvalue weighted by molar-refractivity contribution is 0.0910. The average Bonchev–Trinajstić information content (AvgIpc) is 3.41. The summed E-state index contributed by atoms with van der Waals surface area (Å²) in [6.45, 7) is 1.98. The molecule has 0 unspecified atom stereocenters. The zero-order valence-corrected chi connectivity index (χ0v) is 14.8. The minimum Gasteiger partial charge on any atom is -0.461 e. The fourth-order valence-electron chi connectivity index (χ4n) is 3.06. The summed E-state index contributed by atoms with van der Waals surface area (Å²) in [6.07, 6.45) is 1.54. The monoisotopic (exact) mass is 358 g/mol. The molecule has 2 heterocycles. The standard InChI is InChI=1S/C22H18N2O3/c1-22(16-9-4-2-5-10-16,17-11-6-3-7-12-17)23-21(25)18-15-20(27-24-18)19-13-8-14-26-19/h2-15H,1H3,(H,23,25). The highest BCUT2D eigenvalue weighted by Crippen LogP contribution is 2.30. The van der Waals surface area contributed by atoms with E-state index >= 15 is 0 Å². The molecule has 0 radical (unpaired) electrons. The van der Waals surface area contributed by atoms with Gasteiger partial charge in [-0.2, -0.15) is 0 Å². The van der Waals surface area contributed by atoms with Crippen molar-refractivity contribution in [3.8, 4) is 11.5 Å². The summed E-state index contributed by atoms with van der Waals surface area (Å²) >= 11 is 0. The number of nitrogens with zero attached hydrogens (tertiary/aromatic N) is 1. The van der Waals surface area contributed by atoms with Crippen molar-refractivity contribution in [2.24, 2.45) is 0 Å². The van der Waals surface area contributed by atoms with Gasteiger partial charge in [0.15, 0.2) is 11.5 Å². The van der Waals surface area contributed by atoms with Gasteiger partial charge in [0.1, 0.15) is 0 Å². The lowest BCUT2D eigenvalue weighted by atomic mass is 9.84. The van der Waals surface area contributed by atoms with Gasteiger partial charge in [-0.15, -0.1) is 0 Å². The van der Waals surface area contributed by atoms with Gasteiger partial charge in [-0.1, -0.05) is 65.8 Å². The Balaban J connectivity index is 1.67. The van der Waals surface area contributed by atoms with Crippen LogP contribution in [0, 0.1) is 0 Å². The van der Waals surface area contributed by atoms with E-state index in [4.69, 9.17) is 8.94 Å². The Labute approximate surface area is 156 Å². The molecule has 0 saturated carbocycles. The summed E-state index contributed by atoms with van der Waals surface area (Å²) < 4.78 is 10.5. The largest absolute Gasteiger partial charge is 0.461 e. The van der Waals surface area contributed by atoms with Crippen molar-refractivity contribution in [2.45, 2.75) is 12.5 Å². The molecule has 0 bridgehead atoms. The third kappa shape index (κ3) is 3.27. The van der Waals surface area contributed by atoms with Crippen molar-refractivity contribution in [2.75, 3.05) is 0 Å². The van der Waals surface area contributed by atoms with Gasteiger partial charge in [-0.25, -0.2) is 0 Å². The Hall–Kier alpha value is -3.60. The summed E-state index contributed by atoms with van der Waals surface area (Å²) in [6, 6.07) is 24.7. The van der Waals surface area contributed by atoms with Gasteiger partial charge >= 0.3 is 0 Å². The van der Waals surface area contributed by atoms with E-state index in [-0.39, 0.29) is 11.6 Å². The fourth-order valence-corrected chi connectivity index (χ4v) is 3.06. The van der Waals surface area contributed by atoms with E-state index in [0.717, 1.165) is 11.1 Å². The molecule has 2 aromatic heterocycles. The second kappa shape index (κ2) is 6.96. The Morgan fingerprint density at radius 1 is 0.889 bits per heavy atom. The number of aromatic nitrogens is 1. The van der Waals surface area contributed by atoms with E-state index in [1.54, 1.807) is 24.5 Å². The molecule has 2 aromatic carbocycles. The van der Waals surface area contributed by atoms with Crippen LogP contribution in [0.5, 0.6) is 0 Å². The first-order valence-corrected chi connectivity index (χ1v) is 8.61. The van der Waals surface area contributed by atoms with Crippen LogP contribution in [0.4, 0.5) is 0 Å². The summed E-state index contributed by atoms with van der Waals surface area (Å²) in [5.74, 6) is 0.605. The number of amides is 1. The lowest BCUT2D eigenvalue weighted by Gasteiger charge is -2.32. The highest BCUT2D eigenvalue weighted by atomic mass is 16.5. The summed E-state index contributed by atoms with van der Waals surface area (Å²) in [5, 5.41) is 7.01. The van der Waals surface area contributed by atoms with Crippen LogP contribution < -0.4 is 5.32 Å². The molecule has 134 valence electrons. The molecule has 0 saturated heterocycles. The number of rotatable bonds is 5. The van der Waals surface area contributed by atoms with Gasteiger partial charge in [0.25, 0.3) is 5.91 Å². The molecule has 1 N–H and O–H groups in total. The van der Waals surface area contributed by atoms with Crippen LogP contribution in [-0.4, -0.2) is 11.1 Å². The van der Waals surface area contributed by atoms with Gasteiger partial charge < -0.3 is 14.3 Å². The SMILES string of the molecule is CC(NC(=O)c1cc(-c2ccco2)on1)(c1ccccc1)c1ccccc1. The first-order chi connectivity index (χ1) is 13.2. The van der Waals surface area contributed by atoms with Crippen molar-refractivity contribution in [1.29, 1.82) is 0 Å². The van der Waals surface area contributed by atoms with Crippen LogP contribution in [0.3, 0.4) is 0 Å². The Bertz CT molecular complexity index is 982. The molecule has 0 atom stereocenters. The normalized spacial score (nSPS) is 11.3. The first kappa shape index (κ1) is 16.8. The van der Waals surface area contributed by atoms with Gasteiger partial charge in [0.05, 0.1) is 11.8 Å². The number of nitrogens with one attached hydrogen (secondary N) is 1. The molecule has 5 heteroatoms.